The SMILES string of the molecule is C[C@H](O)C(CO)O[C@H](OCCOCCOCCNC(=O)CCOCC(COCCC(=O)NCCOCCOCCO[C@@H](OC(CO)[C@H](C)O)[C@H](O)CO)(COCCC(=O)NCCOCCOCCO[C@H]1OC(CO)[C@@H](O)C(O)[C@H]1O)NC(=O)CCCCCN=[N+]=[N-])[C@H](O)CO. The second-order valence-corrected chi connectivity index (χ2v) is 21.5. The molecule has 38 nitrogen and oxygen atoms in total. The van der Waals surface area contributed by atoms with Crippen molar-refractivity contribution in [1.82, 2.24) is 21.3 Å². The summed E-state index contributed by atoms with van der Waals surface area (Å²) in [4.78, 5) is 54.8. The van der Waals surface area contributed by atoms with Crippen molar-refractivity contribution >= 4 is 23.6 Å². The van der Waals surface area contributed by atoms with Crippen LogP contribution in [0, 0.1) is 0 Å². The second kappa shape index (κ2) is 58.0. The predicted octanol–water partition coefficient (Wildman–Crippen LogP) is -6.89. The molecule has 0 bridgehead atoms. The van der Waals surface area contributed by atoms with E-state index in [1.807, 2.05) is 0 Å². The molecule has 38 heteroatoms. The van der Waals surface area contributed by atoms with E-state index in [0.29, 0.717) is 19.3 Å². The number of hydrogen-bond acceptors (Lipinski definition) is 32. The van der Waals surface area contributed by atoms with Gasteiger partial charge in [-0.3, -0.25) is 19.2 Å². The van der Waals surface area contributed by atoms with Gasteiger partial charge >= 0.3 is 0 Å². The van der Waals surface area contributed by atoms with E-state index < -0.39 is 124 Å². The lowest BCUT2D eigenvalue weighted by molar-refractivity contribution is -0.302. The van der Waals surface area contributed by atoms with E-state index in [1.54, 1.807) is 0 Å². The number of carbonyl (C=O) groups is 4. The minimum Gasteiger partial charge on any atom is -0.394 e. The Morgan fingerprint density at radius 2 is 0.884 bits per heavy atom. The first kappa shape index (κ1) is 89.1. The fourth-order valence-corrected chi connectivity index (χ4v) is 8.09. The molecule has 558 valence electrons. The van der Waals surface area contributed by atoms with Crippen molar-refractivity contribution in [2.45, 2.75) is 144 Å². The maximum absolute atomic E-state index is 13.6. The fourth-order valence-electron chi connectivity index (χ4n) is 8.09. The highest BCUT2D eigenvalue weighted by Gasteiger charge is 2.44. The van der Waals surface area contributed by atoms with Crippen molar-refractivity contribution in [2.75, 3.05) is 198 Å². The molecule has 0 aromatic carbocycles. The third-order valence-electron chi connectivity index (χ3n) is 13.4. The summed E-state index contributed by atoms with van der Waals surface area (Å²) < 4.78 is 83.0. The third-order valence-corrected chi connectivity index (χ3v) is 13.4. The molecule has 13 atom stereocenters. The zero-order valence-corrected chi connectivity index (χ0v) is 54.6. The van der Waals surface area contributed by atoms with Crippen LogP contribution in [0.15, 0.2) is 5.11 Å². The molecule has 16 N–H and O–H groups in total. The first-order valence-corrected chi connectivity index (χ1v) is 31.8. The highest BCUT2D eigenvalue weighted by Crippen LogP contribution is 2.22. The maximum atomic E-state index is 13.6. The van der Waals surface area contributed by atoms with Crippen molar-refractivity contribution in [3.8, 4) is 0 Å². The average molecular weight is 1390 g/mol. The molecule has 0 aromatic heterocycles. The highest BCUT2D eigenvalue weighted by atomic mass is 16.7. The van der Waals surface area contributed by atoms with E-state index in [9.17, 15) is 80.5 Å². The molecule has 1 saturated heterocycles. The summed E-state index contributed by atoms with van der Waals surface area (Å²) in [5.41, 5.74) is 7.23. The summed E-state index contributed by atoms with van der Waals surface area (Å²) in [5.74, 6) is -1.56. The van der Waals surface area contributed by atoms with Gasteiger partial charge in [0.2, 0.25) is 23.6 Å². The van der Waals surface area contributed by atoms with Gasteiger partial charge in [-0.1, -0.05) is 11.5 Å². The molecule has 1 aliphatic heterocycles. The number of azide groups is 1. The molecule has 0 saturated carbocycles. The molecular formula is C57H109N7O31. The molecule has 1 aliphatic rings. The number of aliphatic hydroxyl groups is 12. The van der Waals surface area contributed by atoms with Gasteiger partial charge in [-0.25, -0.2) is 0 Å². The van der Waals surface area contributed by atoms with Crippen LogP contribution < -0.4 is 21.3 Å². The first-order chi connectivity index (χ1) is 45.8. The molecule has 1 heterocycles. The lowest BCUT2D eigenvalue weighted by Gasteiger charge is -2.39. The molecule has 0 radical (unpaired) electrons. The number of unbranched alkanes of at least 4 members (excludes halogenated alkanes) is 2. The van der Waals surface area contributed by atoms with Crippen molar-refractivity contribution in [1.29, 1.82) is 0 Å². The summed E-state index contributed by atoms with van der Waals surface area (Å²) in [6, 6.07) is 0. The zero-order valence-electron chi connectivity index (χ0n) is 54.6. The normalized spacial score (nSPS) is 19.7. The van der Waals surface area contributed by atoms with Gasteiger partial charge in [-0.15, -0.1) is 0 Å². The minimum absolute atomic E-state index is 0.0441. The predicted molar refractivity (Wildman–Crippen MR) is 326 cm³/mol. The Kier molecular flexibility index (Phi) is 54.4. The van der Waals surface area contributed by atoms with E-state index in [-0.39, 0.29) is 208 Å². The van der Waals surface area contributed by atoms with Crippen molar-refractivity contribution in [2.24, 2.45) is 5.11 Å². The number of amides is 4. The van der Waals surface area contributed by atoms with E-state index in [1.165, 1.54) is 13.8 Å². The van der Waals surface area contributed by atoms with E-state index in [0.717, 1.165) is 0 Å². The van der Waals surface area contributed by atoms with Gasteiger partial charge in [-0.2, -0.15) is 0 Å². The Hall–Kier alpha value is -3.89. The Balaban J connectivity index is 2.80. The van der Waals surface area contributed by atoms with Crippen LogP contribution in [0.3, 0.4) is 0 Å². The number of aliphatic hydroxyl groups excluding tert-OH is 12. The average Bonchev–Trinajstić information content (AvgIpc) is 0.893. The summed E-state index contributed by atoms with van der Waals surface area (Å²) in [7, 11) is 0. The van der Waals surface area contributed by atoms with Gasteiger partial charge in [0.05, 0.1) is 184 Å². The summed E-state index contributed by atoms with van der Waals surface area (Å²) >= 11 is 0. The molecule has 4 amide bonds. The molecule has 0 aliphatic carbocycles. The quantitative estimate of drug-likeness (QED) is 0.00885. The van der Waals surface area contributed by atoms with Crippen LogP contribution in [0.1, 0.15) is 58.8 Å². The van der Waals surface area contributed by atoms with Gasteiger partial charge in [-0.05, 0) is 32.2 Å². The van der Waals surface area contributed by atoms with E-state index >= 15 is 0 Å². The maximum Gasteiger partial charge on any atom is 0.222 e. The Morgan fingerprint density at radius 3 is 1.26 bits per heavy atom. The van der Waals surface area contributed by atoms with Gasteiger partial charge in [0, 0.05) is 56.8 Å². The summed E-state index contributed by atoms with van der Waals surface area (Å²) in [6.07, 6.45) is -15.5. The summed E-state index contributed by atoms with van der Waals surface area (Å²) in [5, 5.41) is 131. The van der Waals surface area contributed by atoms with Crippen molar-refractivity contribution < 1.29 is 152 Å². The molecule has 95 heavy (non-hydrogen) atoms. The fraction of sp³-hybridized carbons (Fsp3) is 0.930. The van der Waals surface area contributed by atoms with E-state index in [2.05, 4.69) is 31.3 Å². The lowest BCUT2D eigenvalue weighted by atomic mass is 9.99. The summed E-state index contributed by atoms with van der Waals surface area (Å²) in [6.45, 7) is 0.578. The van der Waals surface area contributed by atoms with Gasteiger partial charge in [0.1, 0.15) is 54.4 Å². The first-order valence-electron chi connectivity index (χ1n) is 31.8. The van der Waals surface area contributed by atoms with Crippen LogP contribution in [0.2, 0.25) is 0 Å². The monoisotopic (exact) mass is 1390 g/mol. The standard InChI is InChI=1S/C57H109N7O31/c1-40(70)44(34-67)93-54(42(72)32-65)90-29-26-84-23-20-81-17-11-59-47(74)7-14-87-37-57(63-50(77)6-4-3-5-10-62-64-58,38-88-15-8-48(75)60-12-18-82-21-24-85-27-30-91-55(43(73)33-66)94-45(35-68)41(2)71)39-89-16-9-49(76)61-13-19-83-22-25-86-28-31-92-56-53(80)52(79)51(78)46(36-69)95-56/h40-46,51-56,65-73,78-80H,3-39H2,1-2H3,(H,59,74)(H,60,75)(H,61,76)(H,63,77)/t40-,41-,42+,43+,44?,45?,46?,51+,52?,53+,54-,55-,56-,57?/m0/s1. The molecule has 1 rings (SSSR count). The van der Waals surface area contributed by atoms with Crippen LogP contribution >= 0.6 is 0 Å². The van der Waals surface area contributed by atoms with Crippen LogP contribution in [0.5, 0.6) is 0 Å². The number of nitrogens with zero attached hydrogens (tertiary/aromatic N) is 3. The van der Waals surface area contributed by atoms with Gasteiger partial charge < -0.3 is 154 Å². The van der Waals surface area contributed by atoms with Gasteiger partial charge in [0.15, 0.2) is 18.9 Å². The number of carbonyl (C=O) groups excluding carboxylic acids is 4. The zero-order chi connectivity index (χ0) is 70.3. The van der Waals surface area contributed by atoms with Crippen LogP contribution in [0.25, 0.3) is 10.4 Å². The van der Waals surface area contributed by atoms with Crippen molar-refractivity contribution in [3.05, 3.63) is 10.4 Å². The topological polar surface area (TPSA) is 546 Å². The second-order valence-electron chi connectivity index (χ2n) is 21.5. The molecule has 4 unspecified atom stereocenters. The molecule has 1 fully saturated rings. The molecule has 0 aromatic rings. The van der Waals surface area contributed by atoms with Crippen LogP contribution in [-0.2, 0) is 90.2 Å². The largest absolute Gasteiger partial charge is 0.394 e. The Bertz CT molecular complexity index is 1890. The lowest BCUT2D eigenvalue weighted by Crippen LogP contribution is -2.59. The Morgan fingerprint density at radius 1 is 0.484 bits per heavy atom. The Labute approximate surface area is 552 Å². The smallest absolute Gasteiger partial charge is 0.222 e. The number of ether oxygens (including phenoxy) is 15. The van der Waals surface area contributed by atoms with Crippen LogP contribution in [0.4, 0.5) is 0 Å². The third kappa shape index (κ3) is 44.0. The minimum atomic E-state index is -1.57. The van der Waals surface area contributed by atoms with Crippen LogP contribution in [-0.4, -0.2) is 368 Å². The highest BCUT2D eigenvalue weighted by molar-refractivity contribution is 5.77. The number of hydrogen-bond donors (Lipinski definition) is 16. The molecular weight excluding hydrogens is 1280 g/mol. The molecule has 0 spiro atoms. The number of rotatable bonds is 65. The number of nitrogens with one attached hydrogen (secondary N) is 4. The van der Waals surface area contributed by atoms with Crippen molar-refractivity contribution in [3.63, 3.8) is 0 Å². The van der Waals surface area contributed by atoms with Gasteiger partial charge in [0.25, 0.3) is 0 Å². The van der Waals surface area contributed by atoms with E-state index in [4.69, 9.17) is 76.6 Å².